The summed E-state index contributed by atoms with van der Waals surface area (Å²) in [7, 11) is 0. The molecule has 21 heavy (non-hydrogen) atoms. The average molecular weight is 279 g/mol. The molecule has 108 valence electrons. The fraction of sp³-hybridized carbons (Fsp3) is 0.316. The predicted octanol–water partition coefficient (Wildman–Crippen LogP) is 4.38. The highest BCUT2D eigenvalue weighted by molar-refractivity contribution is 6.05. The molecule has 2 aromatic rings. The van der Waals surface area contributed by atoms with Crippen molar-refractivity contribution in [3.63, 3.8) is 0 Å². The van der Waals surface area contributed by atoms with Gasteiger partial charge in [0.1, 0.15) is 0 Å². The Morgan fingerprint density at radius 2 is 1.67 bits per heavy atom. The van der Waals surface area contributed by atoms with E-state index in [1.54, 1.807) is 0 Å². The summed E-state index contributed by atoms with van der Waals surface area (Å²) in [5.74, 6) is -0.118. The molecule has 0 bridgehead atoms. The molecule has 0 radical (unpaired) electrons. The molecule has 1 atom stereocenters. The van der Waals surface area contributed by atoms with Crippen molar-refractivity contribution in [3.05, 3.63) is 64.7 Å². The van der Waals surface area contributed by atoms with Crippen molar-refractivity contribution in [2.45, 2.75) is 39.0 Å². The van der Waals surface area contributed by atoms with Gasteiger partial charge in [0.05, 0.1) is 5.92 Å². The van der Waals surface area contributed by atoms with Crippen LogP contribution in [-0.4, -0.2) is 5.91 Å². The average Bonchev–Trinajstić information content (AvgIpc) is 2.73. The van der Waals surface area contributed by atoms with E-state index in [9.17, 15) is 4.79 Å². The second-order valence-corrected chi connectivity index (χ2v) is 6.88. The topological polar surface area (TPSA) is 29.1 Å². The zero-order valence-corrected chi connectivity index (χ0v) is 13.0. The molecule has 2 nitrogen and oxygen atoms in total. The Morgan fingerprint density at radius 1 is 1.00 bits per heavy atom. The lowest BCUT2D eigenvalue weighted by Crippen LogP contribution is -2.14. The number of hydrogen-bond acceptors (Lipinski definition) is 1. The normalized spacial score (nSPS) is 17.5. The highest BCUT2D eigenvalue weighted by Crippen LogP contribution is 2.38. The largest absolute Gasteiger partial charge is 0.325 e. The number of aryl methyl sites for hydroxylation is 1. The van der Waals surface area contributed by atoms with Crippen LogP contribution in [0.25, 0.3) is 0 Å². The number of amides is 1. The first-order valence-electron chi connectivity index (χ1n) is 7.38. The lowest BCUT2D eigenvalue weighted by molar-refractivity contribution is -0.116. The number of rotatable bonds is 1. The molecule has 1 aliphatic heterocycles. The van der Waals surface area contributed by atoms with Gasteiger partial charge in [0.2, 0.25) is 5.91 Å². The van der Waals surface area contributed by atoms with Gasteiger partial charge in [-0.15, -0.1) is 0 Å². The van der Waals surface area contributed by atoms with Crippen molar-refractivity contribution < 1.29 is 4.79 Å². The standard InChI is InChI=1S/C19H21NO/c1-12-5-10-16-15(11-12)17(18(21)20-16)13-6-8-14(9-7-13)19(2,3)4/h5-11,17H,1-4H3,(H,20,21)/t17-/m1/s1. The summed E-state index contributed by atoms with van der Waals surface area (Å²) in [5, 5.41) is 2.98. The highest BCUT2D eigenvalue weighted by atomic mass is 16.2. The molecule has 1 aliphatic rings. The van der Waals surface area contributed by atoms with Crippen molar-refractivity contribution in [2.75, 3.05) is 5.32 Å². The number of benzene rings is 2. The smallest absolute Gasteiger partial charge is 0.236 e. The molecule has 2 heteroatoms. The summed E-state index contributed by atoms with van der Waals surface area (Å²) in [6, 6.07) is 14.6. The molecule has 0 fully saturated rings. The summed E-state index contributed by atoms with van der Waals surface area (Å²) >= 11 is 0. The summed E-state index contributed by atoms with van der Waals surface area (Å²) in [4.78, 5) is 12.3. The van der Waals surface area contributed by atoms with Gasteiger partial charge in [0.15, 0.2) is 0 Å². The van der Waals surface area contributed by atoms with Crippen LogP contribution in [0.15, 0.2) is 42.5 Å². The summed E-state index contributed by atoms with van der Waals surface area (Å²) in [6.45, 7) is 8.65. The fourth-order valence-electron chi connectivity index (χ4n) is 2.89. The SMILES string of the molecule is Cc1ccc2c(c1)[C@@H](c1ccc(C(C)(C)C)cc1)C(=O)N2. The first-order chi connectivity index (χ1) is 9.86. The van der Waals surface area contributed by atoms with Crippen molar-refractivity contribution >= 4 is 11.6 Å². The number of nitrogens with one attached hydrogen (secondary N) is 1. The molecule has 0 spiro atoms. The molecule has 2 aromatic carbocycles. The molecule has 1 heterocycles. The van der Waals surface area contributed by atoms with Gasteiger partial charge in [0, 0.05) is 5.69 Å². The molecule has 3 rings (SSSR count). The van der Waals surface area contributed by atoms with E-state index in [0.717, 1.165) is 16.8 Å². The lowest BCUT2D eigenvalue weighted by Gasteiger charge is -2.20. The fourth-order valence-corrected chi connectivity index (χ4v) is 2.89. The van der Waals surface area contributed by atoms with E-state index in [-0.39, 0.29) is 17.2 Å². The number of carbonyl (C=O) groups excluding carboxylic acids is 1. The molecule has 0 saturated heterocycles. The zero-order chi connectivity index (χ0) is 15.2. The quantitative estimate of drug-likeness (QED) is 0.824. The molecule has 1 N–H and O–H groups in total. The van der Waals surface area contributed by atoms with Gasteiger partial charge < -0.3 is 5.32 Å². The maximum atomic E-state index is 12.3. The minimum Gasteiger partial charge on any atom is -0.325 e. The minimum atomic E-state index is -0.186. The third kappa shape index (κ3) is 2.46. The van der Waals surface area contributed by atoms with Gasteiger partial charge in [-0.3, -0.25) is 4.79 Å². The van der Waals surface area contributed by atoms with E-state index < -0.39 is 0 Å². The number of anilines is 1. The first kappa shape index (κ1) is 13.9. The predicted molar refractivity (Wildman–Crippen MR) is 86.8 cm³/mol. The third-order valence-electron chi connectivity index (χ3n) is 4.15. The minimum absolute atomic E-state index is 0.0686. The van der Waals surface area contributed by atoms with Crippen LogP contribution in [0.3, 0.4) is 0 Å². The van der Waals surface area contributed by atoms with Gasteiger partial charge in [-0.25, -0.2) is 0 Å². The van der Waals surface area contributed by atoms with Gasteiger partial charge in [-0.1, -0.05) is 62.7 Å². The van der Waals surface area contributed by atoms with Crippen LogP contribution in [0.2, 0.25) is 0 Å². The maximum absolute atomic E-state index is 12.3. The molecular weight excluding hydrogens is 258 g/mol. The van der Waals surface area contributed by atoms with Gasteiger partial charge >= 0.3 is 0 Å². The second kappa shape index (κ2) is 4.73. The Bertz CT molecular complexity index is 692. The Balaban J connectivity index is 2.02. The summed E-state index contributed by atoms with van der Waals surface area (Å²) in [5.41, 5.74) is 5.69. The summed E-state index contributed by atoms with van der Waals surface area (Å²) in [6.07, 6.45) is 0. The van der Waals surface area contributed by atoms with E-state index in [2.05, 4.69) is 63.3 Å². The molecule has 0 aromatic heterocycles. The van der Waals surface area contributed by atoms with E-state index >= 15 is 0 Å². The van der Waals surface area contributed by atoms with E-state index in [4.69, 9.17) is 0 Å². The van der Waals surface area contributed by atoms with Crippen LogP contribution in [0, 0.1) is 6.92 Å². The number of carbonyl (C=O) groups is 1. The third-order valence-corrected chi connectivity index (χ3v) is 4.15. The molecule has 0 unspecified atom stereocenters. The lowest BCUT2D eigenvalue weighted by atomic mass is 9.84. The Labute approximate surface area is 126 Å². The van der Waals surface area contributed by atoms with Crippen LogP contribution in [-0.2, 0) is 10.2 Å². The monoisotopic (exact) mass is 279 g/mol. The van der Waals surface area contributed by atoms with Crippen LogP contribution in [0.1, 0.15) is 48.9 Å². The van der Waals surface area contributed by atoms with E-state index in [1.807, 2.05) is 12.1 Å². The van der Waals surface area contributed by atoms with Crippen molar-refractivity contribution in [1.82, 2.24) is 0 Å². The summed E-state index contributed by atoms with van der Waals surface area (Å²) < 4.78 is 0. The number of fused-ring (bicyclic) bond motifs is 1. The number of hydrogen-bond donors (Lipinski definition) is 1. The van der Waals surface area contributed by atoms with Crippen LogP contribution >= 0.6 is 0 Å². The van der Waals surface area contributed by atoms with Gasteiger partial charge in [0.25, 0.3) is 0 Å². The Hall–Kier alpha value is -2.09. The van der Waals surface area contributed by atoms with Crippen molar-refractivity contribution in [3.8, 4) is 0 Å². The maximum Gasteiger partial charge on any atom is 0.236 e. The molecule has 0 aliphatic carbocycles. The van der Waals surface area contributed by atoms with Crippen LogP contribution < -0.4 is 5.32 Å². The first-order valence-corrected chi connectivity index (χ1v) is 7.38. The van der Waals surface area contributed by atoms with Crippen molar-refractivity contribution in [2.24, 2.45) is 0 Å². The second-order valence-electron chi connectivity index (χ2n) is 6.88. The van der Waals surface area contributed by atoms with Crippen molar-refractivity contribution in [1.29, 1.82) is 0 Å². The molecular formula is C19H21NO. The van der Waals surface area contributed by atoms with Gasteiger partial charge in [-0.2, -0.15) is 0 Å². The van der Waals surface area contributed by atoms with E-state index in [1.165, 1.54) is 11.1 Å². The molecule has 0 saturated carbocycles. The van der Waals surface area contributed by atoms with E-state index in [0.29, 0.717) is 0 Å². The van der Waals surface area contributed by atoms with Gasteiger partial charge in [-0.05, 0) is 35.1 Å². The Morgan fingerprint density at radius 3 is 2.29 bits per heavy atom. The zero-order valence-electron chi connectivity index (χ0n) is 13.0. The van der Waals surface area contributed by atoms with Crippen LogP contribution in [0.4, 0.5) is 5.69 Å². The molecule has 1 amide bonds. The highest BCUT2D eigenvalue weighted by Gasteiger charge is 2.31. The van der Waals surface area contributed by atoms with Crippen LogP contribution in [0.5, 0.6) is 0 Å². The Kier molecular flexibility index (Phi) is 3.12.